The average Bonchev–Trinajstić information content (AvgIpc) is 2.77. The third-order valence-electron chi connectivity index (χ3n) is 4.76. The van der Waals surface area contributed by atoms with Crippen molar-refractivity contribution in [1.82, 2.24) is 20.6 Å². The van der Waals surface area contributed by atoms with Crippen LogP contribution >= 0.6 is 0 Å². The lowest BCUT2D eigenvalue weighted by Crippen LogP contribution is -2.40. The summed E-state index contributed by atoms with van der Waals surface area (Å²) in [5.41, 5.74) is 0.936. The molecule has 1 atom stereocenters. The van der Waals surface area contributed by atoms with Gasteiger partial charge in [-0.25, -0.2) is 0 Å². The average molecular weight is 428 g/mol. The number of nitrogens with one attached hydrogen (secondary N) is 2. The van der Waals surface area contributed by atoms with E-state index in [1.807, 2.05) is 12.1 Å². The molecule has 0 bridgehead atoms. The molecule has 0 spiro atoms. The van der Waals surface area contributed by atoms with Gasteiger partial charge in [-0.15, -0.1) is 0 Å². The Morgan fingerprint density at radius 1 is 0.871 bits per heavy atom. The van der Waals surface area contributed by atoms with Crippen molar-refractivity contribution in [2.24, 2.45) is 0 Å². The molecule has 1 aromatic carbocycles. The molecule has 0 saturated carbocycles. The molecule has 2 N–H and O–H groups in total. The highest BCUT2D eigenvalue weighted by Gasteiger charge is 2.36. The van der Waals surface area contributed by atoms with Gasteiger partial charge in [-0.3, -0.25) is 14.8 Å². The molecule has 0 saturated heterocycles. The zero-order valence-electron chi connectivity index (χ0n) is 16.8. The minimum Gasteiger partial charge on any atom is -0.354 e. The van der Waals surface area contributed by atoms with Gasteiger partial charge in [-0.2, -0.15) is 13.2 Å². The van der Waals surface area contributed by atoms with Crippen molar-refractivity contribution >= 4 is 5.91 Å². The maximum Gasteiger partial charge on any atom is 0.416 e. The second kappa shape index (κ2) is 10.7. The summed E-state index contributed by atoms with van der Waals surface area (Å²) in [4.78, 5) is 20.9. The fourth-order valence-electron chi connectivity index (χ4n) is 3.24. The first-order valence-corrected chi connectivity index (χ1v) is 9.90. The molecular formula is C23H23F3N4O. The van der Waals surface area contributed by atoms with Crippen LogP contribution in [-0.2, 0) is 23.8 Å². The Balaban J connectivity index is 1.73. The number of amides is 1. The molecule has 0 aliphatic rings. The van der Waals surface area contributed by atoms with Crippen molar-refractivity contribution in [1.29, 1.82) is 0 Å². The first kappa shape index (κ1) is 22.4. The second-order valence-corrected chi connectivity index (χ2v) is 6.99. The number of hydrogen-bond acceptors (Lipinski definition) is 4. The number of pyridine rings is 2. The van der Waals surface area contributed by atoms with E-state index in [4.69, 9.17) is 0 Å². The summed E-state index contributed by atoms with van der Waals surface area (Å²) >= 11 is 0. The van der Waals surface area contributed by atoms with Gasteiger partial charge < -0.3 is 10.6 Å². The van der Waals surface area contributed by atoms with Gasteiger partial charge in [0.05, 0.1) is 5.56 Å². The van der Waals surface area contributed by atoms with Gasteiger partial charge in [0.25, 0.3) is 0 Å². The molecule has 0 aliphatic heterocycles. The molecule has 1 unspecified atom stereocenters. The molecule has 0 fully saturated rings. The van der Waals surface area contributed by atoms with Crippen LogP contribution in [0.5, 0.6) is 0 Å². The van der Waals surface area contributed by atoms with Crippen molar-refractivity contribution in [3.05, 3.63) is 95.6 Å². The van der Waals surface area contributed by atoms with E-state index >= 15 is 0 Å². The summed E-state index contributed by atoms with van der Waals surface area (Å²) in [5, 5.41) is 5.74. The Morgan fingerprint density at radius 3 is 2.06 bits per heavy atom. The highest BCUT2D eigenvalue weighted by molar-refractivity contribution is 5.83. The van der Waals surface area contributed by atoms with Crippen LogP contribution < -0.4 is 10.6 Å². The van der Waals surface area contributed by atoms with Crippen LogP contribution in [0, 0.1) is 0 Å². The van der Waals surface area contributed by atoms with E-state index in [0.29, 0.717) is 25.9 Å². The van der Waals surface area contributed by atoms with Gasteiger partial charge in [-0.05, 0) is 47.7 Å². The quantitative estimate of drug-likeness (QED) is 0.545. The lowest BCUT2D eigenvalue weighted by Gasteiger charge is -2.22. The number of carbonyl (C=O) groups is 1. The molecule has 2 aromatic heterocycles. The van der Waals surface area contributed by atoms with Crippen LogP contribution in [0.4, 0.5) is 13.2 Å². The number of alkyl halides is 3. The van der Waals surface area contributed by atoms with Crippen molar-refractivity contribution in [3.63, 3.8) is 0 Å². The minimum absolute atomic E-state index is 0.0972. The third-order valence-corrected chi connectivity index (χ3v) is 4.76. The molecule has 5 nitrogen and oxygen atoms in total. The van der Waals surface area contributed by atoms with Crippen molar-refractivity contribution < 1.29 is 18.0 Å². The van der Waals surface area contributed by atoms with E-state index < -0.39 is 23.7 Å². The summed E-state index contributed by atoms with van der Waals surface area (Å²) in [6.07, 6.45) is 3.18. The molecule has 8 heteroatoms. The van der Waals surface area contributed by atoms with Gasteiger partial charge in [0.15, 0.2) is 0 Å². The van der Waals surface area contributed by atoms with Gasteiger partial charge in [0, 0.05) is 37.9 Å². The van der Waals surface area contributed by atoms with Crippen LogP contribution in [0.15, 0.2) is 73.3 Å². The Labute approximate surface area is 178 Å². The highest BCUT2D eigenvalue weighted by atomic mass is 19.4. The zero-order chi connectivity index (χ0) is 22.1. The maximum absolute atomic E-state index is 13.6. The number of rotatable bonds is 9. The van der Waals surface area contributed by atoms with E-state index in [-0.39, 0.29) is 5.56 Å². The minimum atomic E-state index is -4.56. The van der Waals surface area contributed by atoms with E-state index in [2.05, 4.69) is 20.6 Å². The second-order valence-electron chi connectivity index (χ2n) is 6.99. The Morgan fingerprint density at radius 2 is 1.48 bits per heavy atom. The number of benzene rings is 1. The van der Waals surface area contributed by atoms with Crippen molar-refractivity contribution in [2.45, 2.75) is 25.1 Å². The number of nitrogens with zero attached hydrogens (tertiary/aromatic N) is 2. The summed E-state index contributed by atoms with van der Waals surface area (Å²) < 4.78 is 40.7. The molecule has 3 rings (SSSR count). The van der Waals surface area contributed by atoms with E-state index in [1.165, 1.54) is 18.2 Å². The predicted molar refractivity (Wildman–Crippen MR) is 111 cm³/mol. The predicted octanol–water partition coefficient (Wildman–Crippen LogP) is 3.73. The lowest BCUT2D eigenvalue weighted by atomic mass is 9.98. The zero-order valence-corrected chi connectivity index (χ0v) is 16.8. The number of hydrogen-bond donors (Lipinski definition) is 2. The number of carbonyl (C=O) groups excluding carboxylic acids is 1. The first-order chi connectivity index (χ1) is 14.9. The van der Waals surface area contributed by atoms with E-state index in [1.54, 1.807) is 36.9 Å². The molecule has 0 aliphatic carbocycles. The molecule has 2 heterocycles. The Kier molecular flexibility index (Phi) is 7.72. The molecule has 1 amide bonds. The summed E-state index contributed by atoms with van der Waals surface area (Å²) in [5.74, 6) is -0.508. The lowest BCUT2D eigenvalue weighted by molar-refractivity contribution is -0.138. The SMILES string of the molecule is O=C(NCCc1cccnc1)C(NCCc1cccnc1)c1ccccc1C(F)(F)F. The summed E-state index contributed by atoms with van der Waals surface area (Å²) in [6, 6.07) is 11.4. The summed E-state index contributed by atoms with van der Waals surface area (Å²) in [7, 11) is 0. The molecule has 0 radical (unpaired) electrons. The molecular weight excluding hydrogens is 405 g/mol. The Hall–Kier alpha value is -3.26. The monoisotopic (exact) mass is 428 g/mol. The maximum atomic E-state index is 13.6. The van der Waals surface area contributed by atoms with Crippen LogP contribution in [0.25, 0.3) is 0 Å². The Bertz CT molecular complexity index is 965. The van der Waals surface area contributed by atoms with Crippen LogP contribution in [0.1, 0.15) is 28.3 Å². The first-order valence-electron chi connectivity index (χ1n) is 9.90. The smallest absolute Gasteiger partial charge is 0.354 e. The van der Waals surface area contributed by atoms with Crippen LogP contribution in [-0.4, -0.2) is 29.0 Å². The van der Waals surface area contributed by atoms with Gasteiger partial charge in [-0.1, -0.05) is 30.3 Å². The van der Waals surface area contributed by atoms with Crippen LogP contribution in [0.2, 0.25) is 0 Å². The standard InChI is InChI=1S/C23H23F3N4O/c24-23(25,26)20-8-2-1-7-19(20)21(29-13-9-17-5-3-11-27-15-17)22(31)30-14-10-18-6-4-12-28-16-18/h1-8,11-12,15-16,21,29H,9-10,13-14H2,(H,30,31). The van der Waals surface area contributed by atoms with Crippen molar-refractivity contribution in [3.8, 4) is 0 Å². The van der Waals surface area contributed by atoms with Gasteiger partial charge in [0.2, 0.25) is 5.91 Å². The van der Waals surface area contributed by atoms with Crippen LogP contribution in [0.3, 0.4) is 0 Å². The normalized spacial score (nSPS) is 12.4. The fourth-order valence-corrected chi connectivity index (χ4v) is 3.24. The fraction of sp³-hybridized carbons (Fsp3) is 0.261. The van der Waals surface area contributed by atoms with E-state index in [9.17, 15) is 18.0 Å². The highest BCUT2D eigenvalue weighted by Crippen LogP contribution is 2.34. The number of halogens is 3. The molecule has 3 aromatic rings. The largest absolute Gasteiger partial charge is 0.416 e. The third kappa shape index (κ3) is 6.62. The topological polar surface area (TPSA) is 66.9 Å². The summed E-state index contributed by atoms with van der Waals surface area (Å²) in [6.45, 7) is 0.609. The molecule has 162 valence electrons. The van der Waals surface area contributed by atoms with Gasteiger partial charge >= 0.3 is 6.18 Å². The van der Waals surface area contributed by atoms with E-state index in [0.717, 1.165) is 17.2 Å². The van der Waals surface area contributed by atoms with Crippen molar-refractivity contribution in [2.75, 3.05) is 13.1 Å². The van der Waals surface area contributed by atoms with Gasteiger partial charge in [0.1, 0.15) is 6.04 Å². The number of aromatic nitrogens is 2. The molecule has 31 heavy (non-hydrogen) atoms.